The third-order valence-electron chi connectivity index (χ3n) is 5.53. The second-order valence-electron chi connectivity index (χ2n) is 7.57. The number of hydrogen-bond acceptors (Lipinski definition) is 4. The number of ether oxygens (including phenoxy) is 1. The highest BCUT2D eigenvalue weighted by Crippen LogP contribution is 2.24. The van der Waals surface area contributed by atoms with Crippen LogP contribution >= 0.6 is 0 Å². The summed E-state index contributed by atoms with van der Waals surface area (Å²) in [6.07, 6.45) is 0. The Hall–Kier alpha value is -3.02. The number of hydrogen-bond donors (Lipinski definition) is 1. The van der Waals surface area contributed by atoms with Gasteiger partial charge >= 0.3 is 0 Å². The Bertz CT molecular complexity index is 897. The van der Waals surface area contributed by atoms with E-state index in [4.69, 9.17) is 4.74 Å². The lowest BCUT2D eigenvalue weighted by Crippen LogP contribution is -2.55. The second kappa shape index (κ2) is 8.99. The number of aryl methyl sites for hydroxylation is 2. The molecule has 1 saturated heterocycles. The van der Waals surface area contributed by atoms with Gasteiger partial charge in [0.25, 0.3) is 5.91 Å². The maximum Gasteiger partial charge on any atom is 0.251 e. The van der Waals surface area contributed by atoms with Crippen molar-refractivity contribution in [2.24, 2.45) is 0 Å². The molecule has 0 bridgehead atoms. The van der Waals surface area contributed by atoms with E-state index in [1.54, 1.807) is 13.2 Å². The first-order chi connectivity index (χ1) is 13.9. The van der Waals surface area contributed by atoms with Crippen LogP contribution in [0.1, 0.15) is 28.4 Å². The number of nitrogens with zero attached hydrogens (tertiary/aromatic N) is 2. The summed E-state index contributed by atoms with van der Waals surface area (Å²) in [6, 6.07) is 13.7. The van der Waals surface area contributed by atoms with Crippen molar-refractivity contribution in [3.05, 3.63) is 59.2 Å². The van der Waals surface area contributed by atoms with Gasteiger partial charge in [-0.3, -0.25) is 9.59 Å². The Morgan fingerprint density at radius 1 is 1.10 bits per heavy atom. The first kappa shape index (κ1) is 20.7. The van der Waals surface area contributed by atoms with Gasteiger partial charge in [-0.15, -0.1) is 0 Å². The van der Waals surface area contributed by atoms with Gasteiger partial charge in [0.2, 0.25) is 5.91 Å². The zero-order chi connectivity index (χ0) is 21.0. The monoisotopic (exact) mass is 395 g/mol. The van der Waals surface area contributed by atoms with Crippen molar-refractivity contribution < 1.29 is 14.3 Å². The van der Waals surface area contributed by atoms with E-state index in [-0.39, 0.29) is 24.4 Å². The van der Waals surface area contributed by atoms with E-state index in [1.807, 2.05) is 49.1 Å². The zero-order valence-corrected chi connectivity index (χ0v) is 17.6. The van der Waals surface area contributed by atoms with Crippen molar-refractivity contribution in [2.45, 2.75) is 26.8 Å². The van der Waals surface area contributed by atoms with E-state index in [9.17, 15) is 9.59 Å². The molecular formula is C23H29N3O3. The molecule has 0 spiro atoms. The van der Waals surface area contributed by atoms with Crippen LogP contribution in [0, 0.1) is 13.8 Å². The third kappa shape index (κ3) is 4.88. The first-order valence-electron chi connectivity index (χ1n) is 9.93. The van der Waals surface area contributed by atoms with E-state index >= 15 is 0 Å². The van der Waals surface area contributed by atoms with Gasteiger partial charge in [0.15, 0.2) is 0 Å². The standard InChI is InChI=1S/C23H29N3O3/c1-16-8-9-19(12-17(16)2)23(28)24-14-22(27)25-10-11-26(18(3)15-25)20-6-5-7-21(13-20)29-4/h5-9,12-13,18H,10-11,14-15H2,1-4H3,(H,24,28)/t18-/m0/s1. The highest BCUT2D eigenvalue weighted by molar-refractivity contribution is 5.96. The minimum atomic E-state index is -0.218. The summed E-state index contributed by atoms with van der Waals surface area (Å²) in [4.78, 5) is 29.1. The molecule has 0 unspecified atom stereocenters. The van der Waals surface area contributed by atoms with Gasteiger partial charge in [-0.05, 0) is 56.2 Å². The first-order valence-corrected chi connectivity index (χ1v) is 9.93. The number of piperazine rings is 1. The Balaban J connectivity index is 1.54. The number of methoxy groups -OCH3 is 1. The molecule has 2 aromatic rings. The van der Waals surface area contributed by atoms with Gasteiger partial charge in [-0.2, -0.15) is 0 Å². The van der Waals surface area contributed by atoms with E-state index in [1.165, 1.54) is 0 Å². The Kier molecular flexibility index (Phi) is 6.42. The molecule has 0 aromatic heterocycles. The summed E-state index contributed by atoms with van der Waals surface area (Å²) in [5.74, 6) is 0.547. The fraction of sp³-hybridized carbons (Fsp3) is 0.391. The number of rotatable bonds is 5. The molecule has 1 N–H and O–H groups in total. The van der Waals surface area contributed by atoms with Crippen LogP contribution in [0.2, 0.25) is 0 Å². The molecule has 0 aliphatic carbocycles. The quantitative estimate of drug-likeness (QED) is 0.846. The summed E-state index contributed by atoms with van der Waals surface area (Å²) < 4.78 is 5.31. The Morgan fingerprint density at radius 3 is 2.59 bits per heavy atom. The van der Waals surface area contributed by atoms with Gasteiger partial charge in [0.05, 0.1) is 13.7 Å². The number of nitrogens with one attached hydrogen (secondary N) is 1. The minimum absolute atomic E-state index is 0.0115. The average molecular weight is 396 g/mol. The fourth-order valence-electron chi connectivity index (χ4n) is 3.61. The van der Waals surface area contributed by atoms with Crippen LogP contribution in [-0.4, -0.2) is 56.0 Å². The van der Waals surface area contributed by atoms with Crippen LogP contribution in [-0.2, 0) is 4.79 Å². The van der Waals surface area contributed by atoms with E-state index < -0.39 is 0 Å². The summed E-state index contributed by atoms with van der Waals surface area (Å²) in [6.45, 7) is 8.08. The minimum Gasteiger partial charge on any atom is -0.497 e. The zero-order valence-electron chi connectivity index (χ0n) is 17.6. The molecule has 6 nitrogen and oxygen atoms in total. The highest BCUT2D eigenvalue weighted by atomic mass is 16.5. The molecule has 0 radical (unpaired) electrons. The normalized spacial score (nSPS) is 16.5. The summed E-state index contributed by atoms with van der Waals surface area (Å²) in [5.41, 5.74) is 3.87. The van der Waals surface area contributed by atoms with Gasteiger partial charge in [0.1, 0.15) is 5.75 Å². The van der Waals surface area contributed by atoms with Gasteiger partial charge in [-0.25, -0.2) is 0 Å². The SMILES string of the molecule is COc1cccc(N2CCN(C(=O)CNC(=O)c3ccc(C)c(C)c3)C[C@@H]2C)c1. The van der Waals surface area contributed by atoms with Crippen LogP contribution in [0.4, 0.5) is 5.69 Å². The van der Waals surface area contributed by atoms with E-state index in [2.05, 4.69) is 23.2 Å². The molecule has 1 aliphatic heterocycles. The summed E-state index contributed by atoms with van der Waals surface area (Å²) in [7, 11) is 1.66. The van der Waals surface area contributed by atoms with Crippen LogP contribution < -0.4 is 15.0 Å². The largest absolute Gasteiger partial charge is 0.497 e. The molecular weight excluding hydrogens is 366 g/mol. The molecule has 29 heavy (non-hydrogen) atoms. The van der Waals surface area contributed by atoms with E-state index in [0.717, 1.165) is 29.1 Å². The number of anilines is 1. The lowest BCUT2D eigenvalue weighted by atomic mass is 10.1. The molecule has 1 heterocycles. The molecule has 1 atom stereocenters. The molecule has 3 rings (SSSR count). The van der Waals surface area contributed by atoms with Crippen molar-refractivity contribution in [1.29, 1.82) is 0 Å². The van der Waals surface area contributed by atoms with Crippen molar-refractivity contribution in [2.75, 3.05) is 38.2 Å². The third-order valence-corrected chi connectivity index (χ3v) is 5.53. The highest BCUT2D eigenvalue weighted by Gasteiger charge is 2.27. The van der Waals surface area contributed by atoms with Crippen LogP contribution in [0.3, 0.4) is 0 Å². The van der Waals surface area contributed by atoms with Crippen molar-refractivity contribution in [1.82, 2.24) is 10.2 Å². The van der Waals surface area contributed by atoms with E-state index in [0.29, 0.717) is 18.7 Å². The van der Waals surface area contributed by atoms with Crippen molar-refractivity contribution in [3.8, 4) is 5.75 Å². The molecule has 0 saturated carbocycles. The number of benzene rings is 2. The lowest BCUT2D eigenvalue weighted by molar-refractivity contribution is -0.130. The van der Waals surface area contributed by atoms with Crippen molar-refractivity contribution in [3.63, 3.8) is 0 Å². The Morgan fingerprint density at radius 2 is 1.90 bits per heavy atom. The van der Waals surface area contributed by atoms with Gasteiger partial charge < -0.3 is 19.9 Å². The van der Waals surface area contributed by atoms with Crippen LogP contribution in [0.25, 0.3) is 0 Å². The Labute approximate surface area is 172 Å². The second-order valence-corrected chi connectivity index (χ2v) is 7.57. The molecule has 2 amide bonds. The lowest BCUT2D eigenvalue weighted by Gasteiger charge is -2.41. The molecule has 154 valence electrons. The molecule has 2 aromatic carbocycles. The predicted octanol–water partition coefficient (Wildman–Crippen LogP) is 2.78. The maximum absolute atomic E-state index is 12.6. The maximum atomic E-state index is 12.6. The average Bonchev–Trinajstić information content (AvgIpc) is 2.73. The van der Waals surface area contributed by atoms with Gasteiger partial charge in [-0.1, -0.05) is 12.1 Å². The fourth-order valence-corrected chi connectivity index (χ4v) is 3.61. The molecule has 1 fully saturated rings. The summed E-state index contributed by atoms with van der Waals surface area (Å²) >= 11 is 0. The molecule has 1 aliphatic rings. The van der Waals surface area contributed by atoms with Crippen LogP contribution in [0.15, 0.2) is 42.5 Å². The van der Waals surface area contributed by atoms with Crippen LogP contribution in [0.5, 0.6) is 5.75 Å². The predicted molar refractivity (Wildman–Crippen MR) is 115 cm³/mol. The molecule has 6 heteroatoms. The number of amides is 2. The van der Waals surface area contributed by atoms with Gasteiger partial charge in [0, 0.05) is 43.0 Å². The summed E-state index contributed by atoms with van der Waals surface area (Å²) in [5, 5.41) is 2.76. The number of carbonyl (C=O) groups is 2. The number of carbonyl (C=O) groups excluding carboxylic acids is 2. The topological polar surface area (TPSA) is 61.9 Å². The van der Waals surface area contributed by atoms with Crippen molar-refractivity contribution >= 4 is 17.5 Å². The smallest absolute Gasteiger partial charge is 0.251 e.